The van der Waals surface area contributed by atoms with Crippen molar-refractivity contribution in [2.75, 3.05) is 26.2 Å². The predicted molar refractivity (Wildman–Crippen MR) is 106 cm³/mol. The van der Waals surface area contributed by atoms with Gasteiger partial charge in [0, 0.05) is 39.1 Å². The normalized spacial score (nSPS) is 15.8. The molecule has 1 aromatic heterocycles. The van der Waals surface area contributed by atoms with Crippen LogP contribution in [-0.4, -0.2) is 59.3 Å². The minimum atomic E-state index is -3.50. The molecule has 1 amide bonds. The lowest BCUT2D eigenvalue weighted by Crippen LogP contribution is -2.50. The molecular formula is C20H22N4O3S. The SMILES string of the molecule is O=C(CCn1cnc2ccccc21)N1CCN(S(=O)(=O)c2ccccc2)CC1. The molecule has 1 aliphatic heterocycles. The van der Waals surface area contributed by atoms with E-state index in [-0.39, 0.29) is 5.91 Å². The van der Waals surface area contributed by atoms with Crippen LogP contribution in [0.4, 0.5) is 0 Å². The lowest BCUT2D eigenvalue weighted by Gasteiger charge is -2.34. The summed E-state index contributed by atoms with van der Waals surface area (Å²) in [5.41, 5.74) is 1.92. The van der Waals surface area contributed by atoms with E-state index in [0.29, 0.717) is 44.0 Å². The quantitative estimate of drug-likeness (QED) is 0.658. The Labute approximate surface area is 164 Å². The summed E-state index contributed by atoms with van der Waals surface area (Å²) in [6.45, 7) is 2.01. The van der Waals surface area contributed by atoms with Crippen molar-refractivity contribution in [1.82, 2.24) is 18.8 Å². The highest BCUT2D eigenvalue weighted by Crippen LogP contribution is 2.18. The first-order chi connectivity index (χ1) is 13.6. The van der Waals surface area contributed by atoms with Crippen LogP contribution in [0.1, 0.15) is 6.42 Å². The van der Waals surface area contributed by atoms with Gasteiger partial charge in [-0.3, -0.25) is 4.79 Å². The van der Waals surface area contributed by atoms with Crippen molar-refractivity contribution in [3.05, 3.63) is 60.9 Å². The first-order valence-corrected chi connectivity index (χ1v) is 10.7. The molecule has 0 N–H and O–H groups in total. The zero-order valence-corrected chi connectivity index (χ0v) is 16.3. The maximum Gasteiger partial charge on any atom is 0.243 e. The molecule has 146 valence electrons. The first kappa shape index (κ1) is 18.6. The highest BCUT2D eigenvalue weighted by molar-refractivity contribution is 7.89. The number of amides is 1. The van der Waals surface area contributed by atoms with E-state index in [0.717, 1.165) is 11.0 Å². The minimum absolute atomic E-state index is 0.0366. The van der Waals surface area contributed by atoms with Gasteiger partial charge in [0.05, 0.1) is 22.3 Å². The number of aromatic nitrogens is 2. The number of benzene rings is 2. The molecule has 4 rings (SSSR count). The van der Waals surface area contributed by atoms with Gasteiger partial charge in [-0.2, -0.15) is 4.31 Å². The highest BCUT2D eigenvalue weighted by Gasteiger charge is 2.29. The number of piperazine rings is 1. The summed E-state index contributed by atoms with van der Waals surface area (Å²) in [6, 6.07) is 16.2. The number of nitrogens with zero attached hydrogens (tertiary/aromatic N) is 4. The van der Waals surface area contributed by atoms with Gasteiger partial charge in [0.15, 0.2) is 0 Å². The molecule has 0 saturated carbocycles. The van der Waals surface area contributed by atoms with Crippen LogP contribution in [0.15, 0.2) is 65.8 Å². The Balaban J connectivity index is 1.34. The van der Waals surface area contributed by atoms with Crippen LogP contribution in [0.2, 0.25) is 0 Å². The second-order valence-electron chi connectivity index (χ2n) is 6.77. The molecule has 0 radical (unpaired) electrons. The summed E-state index contributed by atoms with van der Waals surface area (Å²) in [5, 5.41) is 0. The van der Waals surface area contributed by atoms with E-state index in [1.54, 1.807) is 41.6 Å². The number of aryl methyl sites for hydroxylation is 1. The molecule has 2 heterocycles. The van der Waals surface area contributed by atoms with Crippen molar-refractivity contribution in [2.24, 2.45) is 0 Å². The molecule has 8 heteroatoms. The van der Waals surface area contributed by atoms with Crippen LogP contribution in [0.3, 0.4) is 0 Å². The zero-order chi connectivity index (χ0) is 19.6. The molecule has 0 spiro atoms. The third-order valence-corrected chi connectivity index (χ3v) is 6.98. The van der Waals surface area contributed by atoms with Crippen molar-refractivity contribution >= 4 is 27.0 Å². The first-order valence-electron chi connectivity index (χ1n) is 9.28. The van der Waals surface area contributed by atoms with E-state index in [2.05, 4.69) is 4.98 Å². The van der Waals surface area contributed by atoms with E-state index in [4.69, 9.17) is 0 Å². The third-order valence-electron chi connectivity index (χ3n) is 5.07. The Morgan fingerprint density at radius 3 is 2.36 bits per heavy atom. The molecule has 0 atom stereocenters. The standard InChI is InChI=1S/C20H22N4O3S/c25-20(10-11-23-16-21-18-8-4-5-9-19(18)23)22-12-14-24(15-13-22)28(26,27)17-6-2-1-3-7-17/h1-9,16H,10-15H2. The van der Waals surface area contributed by atoms with Crippen molar-refractivity contribution < 1.29 is 13.2 Å². The van der Waals surface area contributed by atoms with Crippen molar-refractivity contribution in [2.45, 2.75) is 17.9 Å². The summed E-state index contributed by atoms with van der Waals surface area (Å²) in [4.78, 5) is 19.0. The van der Waals surface area contributed by atoms with Gasteiger partial charge in [0.2, 0.25) is 15.9 Å². The predicted octanol–water partition coefficient (Wildman–Crippen LogP) is 1.96. The number of sulfonamides is 1. The summed E-state index contributed by atoms with van der Waals surface area (Å²) >= 11 is 0. The van der Waals surface area contributed by atoms with Gasteiger partial charge in [0.1, 0.15) is 0 Å². The number of carbonyl (C=O) groups is 1. The molecule has 1 aliphatic rings. The van der Waals surface area contributed by atoms with Crippen LogP contribution in [0.5, 0.6) is 0 Å². The molecular weight excluding hydrogens is 376 g/mol. The van der Waals surface area contributed by atoms with Crippen LogP contribution >= 0.6 is 0 Å². The Morgan fingerprint density at radius 1 is 0.929 bits per heavy atom. The number of carbonyl (C=O) groups excluding carboxylic acids is 1. The average Bonchev–Trinajstić information content (AvgIpc) is 3.16. The number of para-hydroxylation sites is 2. The van der Waals surface area contributed by atoms with Gasteiger partial charge < -0.3 is 9.47 Å². The molecule has 7 nitrogen and oxygen atoms in total. The van der Waals surface area contributed by atoms with Gasteiger partial charge in [0.25, 0.3) is 0 Å². The molecule has 1 fully saturated rings. The Kier molecular flexibility index (Phi) is 5.15. The molecule has 0 bridgehead atoms. The lowest BCUT2D eigenvalue weighted by atomic mass is 10.3. The summed E-state index contributed by atoms with van der Waals surface area (Å²) in [6.07, 6.45) is 2.12. The van der Waals surface area contributed by atoms with Crippen molar-refractivity contribution in [3.8, 4) is 0 Å². The van der Waals surface area contributed by atoms with Crippen LogP contribution < -0.4 is 0 Å². The zero-order valence-electron chi connectivity index (χ0n) is 15.4. The summed E-state index contributed by atoms with van der Waals surface area (Å²) in [7, 11) is -3.50. The second-order valence-corrected chi connectivity index (χ2v) is 8.71. The molecule has 1 saturated heterocycles. The fourth-order valence-corrected chi connectivity index (χ4v) is 4.93. The maximum atomic E-state index is 12.7. The fourth-order valence-electron chi connectivity index (χ4n) is 3.48. The molecule has 0 aliphatic carbocycles. The van der Waals surface area contributed by atoms with E-state index < -0.39 is 10.0 Å². The van der Waals surface area contributed by atoms with E-state index >= 15 is 0 Å². The lowest BCUT2D eigenvalue weighted by molar-refractivity contribution is -0.132. The Bertz CT molecular complexity index is 1070. The number of imidazole rings is 1. The Morgan fingerprint density at radius 2 is 1.61 bits per heavy atom. The van der Waals surface area contributed by atoms with Gasteiger partial charge in [-0.1, -0.05) is 30.3 Å². The van der Waals surface area contributed by atoms with Gasteiger partial charge in [-0.25, -0.2) is 13.4 Å². The molecule has 3 aromatic rings. The fraction of sp³-hybridized carbons (Fsp3) is 0.300. The smallest absolute Gasteiger partial charge is 0.243 e. The number of fused-ring (bicyclic) bond motifs is 1. The van der Waals surface area contributed by atoms with E-state index in [9.17, 15) is 13.2 Å². The van der Waals surface area contributed by atoms with Gasteiger partial charge in [-0.05, 0) is 24.3 Å². The van der Waals surface area contributed by atoms with E-state index in [1.807, 2.05) is 28.8 Å². The summed E-state index contributed by atoms with van der Waals surface area (Å²) in [5.74, 6) is 0.0366. The topological polar surface area (TPSA) is 75.5 Å². The molecule has 2 aromatic carbocycles. The monoisotopic (exact) mass is 398 g/mol. The van der Waals surface area contributed by atoms with Crippen molar-refractivity contribution in [3.63, 3.8) is 0 Å². The molecule has 28 heavy (non-hydrogen) atoms. The third kappa shape index (κ3) is 3.65. The average molecular weight is 398 g/mol. The number of hydrogen-bond donors (Lipinski definition) is 0. The van der Waals surface area contributed by atoms with E-state index in [1.165, 1.54) is 4.31 Å². The highest BCUT2D eigenvalue weighted by atomic mass is 32.2. The summed E-state index contributed by atoms with van der Waals surface area (Å²) < 4.78 is 28.8. The number of rotatable bonds is 5. The largest absolute Gasteiger partial charge is 0.340 e. The van der Waals surface area contributed by atoms with Crippen LogP contribution in [-0.2, 0) is 21.4 Å². The van der Waals surface area contributed by atoms with Gasteiger partial charge >= 0.3 is 0 Å². The van der Waals surface area contributed by atoms with Crippen LogP contribution in [0.25, 0.3) is 11.0 Å². The van der Waals surface area contributed by atoms with Crippen LogP contribution in [0, 0.1) is 0 Å². The number of hydrogen-bond acceptors (Lipinski definition) is 4. The van der Waals surface area contributed by atoms with Crippen molar-refractivity contribution in [1.29, 1.82) is 0 Å². The Hall–Kier alpha value is -2.71. The second kappa shape index (κ2) is 7.73. The molecule has 0 unspecified atom stereocenters. The maximum absolute atomic E-state index is 12.7. The van der Waals surface area contributed by atoms with Gasteiger partial charge in [-0.15, -0.1) is 0 Å². The minimum Gasteiger partial charge on any atom is -0.340 e.